The molecule has 0 atom stereocenters. The fraction of sp³-hybridized carbons (Fsp3) is 0.375. The molecular weight excluding hydrogens is 112 g/mol. The minimum absolute atomic E-state index is 0.777. The molecule has 0 bridgehead atoms. The van der Waals surface area contributed by atoms with Gasteiger partial charge >= 0.3 is 0 Å². The molecule has 1 aliphatic heterocycles. The summed E-state index contributed by atoms with van der Waals surface area (Å²) in [4.78, 5) is 0. The predicted molar refractivity (Wildman–Crippen MR) is 34.6 cm³/mol. The number of hydrogen-bond acceptors (Lipinski definition) is 1. The topological polar surface area (TPSA) is 9.23 Å². The maximum absolute atomic E-state index is 5.02. The summed E-state index contributed by atoms with van der Waals surface area (Å²) in [6.07, 6.45) is 6.59. The minimum Gasteiger partial charge on any atom is -0.359 e. The van der Waals surface area contributed by atoms with Crippen LogP contribution in [0.2, 0.25) is 0 Å². The van der Waals surface area contributed by atoms with Gasteiger partial charge in [-0.2, -0.15) is 0 Å². The quantitative estimate of drug-likeness (QED) is 0.472. The molecule has 0 N–H and O–H groups in total. The van der Waals surface area contributed by atoms with Crippen molar-refractivity contribution < 1.29 is 4.74 Å². The van der Waals surface area contributed by atoms with Gasteiger partial charge in [-0.15, -0.1) is 0 Å². The van der Waals surface area contributed by atoms with Crippen molar-refractivity contribution in [1.29, 1.82) is 0 Å². The highest BCUT2D eigenvalue weighted by molar-refractivity contribution is 5.36. The first kappa shape index (κ1) is 5.24. The van der Waals surface area contributed by atoms with E-state index >= 15 is 0 Å². The zero-order valence-corrected chi connectivity index (χ0v) is 5.18. The zero-order chi connectivity index (χ0) is 6.10. The Morgan fingerprint density at radius 2 is 2.56 bits per heavy atom. The molecule has 1 aliphatic carbocycles. The summed E-state index contributed by atoms with van der Waals surface area (Å²) >= 11 is 0. The Kier molecular flexibility index (Phi) is 1.16. The molecule has 0 saturated heterocycles. The summed E-state index contributed by atoms with van der Waals surface area (Å²) in [5.74, 6) is 0. The van der Waals surface area contributed by atoms with Gasteiger partial charge in [-0.3, -0.25) is 0 Å². The van der Waals surface area contributed by atoms with Crippen LogP contribution in [-0.2, 0) is 4.74 Å². The molecule has 0 unspecified atom stereocenters. The number of rotatable bonds is 0. The van der Waals surface area contributed by atoms with Crippen LogP contribution in [0.5, 0.6) is 0 Å². The van der Waals surface area contributed by atoms with Crippen molar-refractivity contribution >= 4 is 0 Å². The molecule has 2 radical (unpaired) electrons. The van der Waals surface area contributed by atoms with E-state index in [1.54, 1.807) is 0 Å². The van der Waals surface area contributed by atoms with Crippen LogP contribution in [0.3, 0.4) is 0 Å². The highest BCUT2D eigenvalue weighted by Crippen LogP contribution is 2.26. The van der Waals surface area contributed by atoms with Gasteiger partial charge in [0.05, 0.1) is 6.61 Å². The summed E-state index contributed by atoms with van der Waals surface area (Å²) in [6.45, 7) is 3.63. The summed E-state index contributed by atoms with van der Waals surface area (Å²) in [5, 5.41) is 0. The van der Waals surface area contributed by atoms with Crippen LogP contribution in [0.15, 0.2) is 23.3 Å². The Balaban J connectivity index is 2.28. The Hall–Kier alpha value is -0.560. The van der Waals surface area contributed by atoms with Gasteiger partial charge in [-0.25, -0.2) is 0 Å². The first-order valence-electron chi connectivity index (χ1n) is 3.23. The maximum atomic E-state index is 5.02. The van der Waals surface area contributed by atoms with Crippen LogP contribution in [0.4, 0.5) is 0 Å². The number of allylic oxidation sites excluding steroid dienone is 1. The molecular formula is C8H8O. The minimum atomic E-state index is 0.777. The highest BCUT2D eigenvalue weighted by Gasteiger charge is 2.15. The normalized spacial score (nSPS) is 24.9. The molecule has 0 aromatic heterocycles. The van der Waals surface area contributed by atoms with E-state index in [1.165, 1.54) is 24.0 Å². The van der Waals surface area contributed by atoms with E-state index in [9.17, 15) is 0 Å². The molecule has 0 aromatic carbocycles. The number of hydrogen-bond donors (Lipinski definition) is 0. The molecule has 0 saturated carbocycles. The van der Waals surface area contributed by atoms with E-state index in [0.717, 1.165) is 6.61 Å². The molecule has 9 heavy (non-hydrogen) atoms. The van der Waals surface area contributed by atoms with Gasteiger partial charge in [-0.05, 0) is 24.0 Å². The Morgan fingerprint density at radius 3 is 3.44 bits per heavy atom. The second-order valence-electron chi connectivity index (χ2n) is 2.35. The average Bonchev–Trinajstić information content (AvgIpc) is 2.33. The van der Waals surface area contributed by atoms with Crippen molar-refractivity contribution in [2.24, 2.45) is 0 Å². The predicted octanol–water partition coefficient (Wildman–Crippen LogP) is 1.70. The first-order valence-corrected chi connectivity index (χ1v) is 3.23. The molecule has 0 amide bonds. The van der Waals surface area contributed by atoms with E-state index in [0.29, 0.717) is 0 Å². The lowest BCUT2D eigenvalue weighted by molar-refractivity contribution is 0.260. The highest BCUT2D eigenvalue weighted by atomic mass is 16.5. The lowest BCUT2D eigenvalue weighted by atomic mass is 10.0. The van der Waals surface area contributed by atoms with Crippen molar-refractivity contribution in [2.75, 3.05) is 6.61 Å². The van der Waals surface area contributed by atoms with Gasteiger partial charge in [0.1, 0.15) is 0 Å². The monoisotopic (exact) mass is 120 g/mol. The molecule has 0 spiro atoms. The van der Waals surface area contributed by atoms with Crippen molar-refractivity contribution in [3.63, 3.8) is 0 Å². The van der Waals surface area contributed by atoms with Crippen LogP contribution in [0.1, 0.15) is 12.8 Å². The second kappa shape index (κ2) is 1.99. The first-order chi connectivity index (χ1) is 4.47. The van der Waals surface area contributed by atoms with Crippen LogP contribution >= 0.6 is 0 Å². The lowest BCUT2D eigenvalue weighted by Gasteiger charge is -2.03. The Bertz CT molecular complexity index is 177. The van der Waals surface area contributed by atoms with Gasteiger partial charge in [0.2, 0.25) is 0 Å². The van der Waals surface area contributed by atoms with E-state index in [1.807, 2.05) is 0 Å². The van der Waals surface area contributed by atoms with Gasteiger partial charge in [0, 0.05) is 0 Å². The molecule has 0 fully saturated rings. The maximum Gasteiger partial charge on any atom is 0.166 e. The van der Waals surface area contributed by atoms with Crippen molar-refractivity contribution in [2.45, 2.75) is 12.8 Å². The number of ether oxygens (including phenoxy) is 1. The molecule has 1 heteroatoms. The second-order valence-corrected chi connectivity index (χ2v) is 2.35. The molecule has 1 heterocycles. The third-order valence-electron chi connectivity index (χ3n) is 1.71. The summed E-state index contributed by atoms with van der Waals surface area (Å²) in [6, 6.07) is 0. The van der Waals surface area contributed by atoms with Crippen LogP contribution in [0.25, 0.3) is 0 Å². The van der Waals surface area contributed by atoms with Crippen molar-refractivity contribution in [1.82, 2.24) is 0 Å². The van der Waals surface area contributed by atoms with Gasteiger partial charge in [0.25, 0.3) is 0 Å². The largest absolute Gasteiger partial charge is 0.359 e. The summed E-state index contributed by atoms with van der Waals surface area (Å²) in [5.41, 5.74) is 2.60. The molecule has 46 valence electrons. The SMILES string of the molecule is [C]1OCC2=C1C=CCC2. The molecule has 1 nitrogen and oxygen atoms in total. The fourth-order valence-corrected chi connectivity index (χ4v) is 1.17. The average molecular weight is 120 g/mol. The van der Waals surface area contributed by atoms with Crippen molar-refractivity contribution in [3.05, 3.63) is 29.9 Å². The standard InChI is InChI=1S/C8H8O/c1-2-4-8-6-9-5-7(8)3-1/h1,3H,2,4,6H2. The molecule has 2 rings (SSSR count). The third kappa shape index (κ3) is 0.815. The lowest BCUT2D eigenvalue weighted by Crippen LogP contribution is -1.90. The molecule has 2 aliphatic rings. The Morgan fingerprint density at radius 1 is 1.56 bits per heavy atom. The van der Waals surface area contributed by atoms with Gasteiger partial charge in [0.15, 0.2) is 6.61 Å². The van der Waals surface area contributed by atoms with Crippen molar-refractivity contribution in [3.8, 4) is 0 Å². The Labute approximate surface area is 55.0 Å². The van der Waals surface area contributed by atoms with E-state index in [4.69, 9.17) is 4.74 Å². The van der Waals surface area contributed by atoms with Crippen LogP contribution < -0.4 is 0 Å². The molecule has 0 aromatic rings. The smallest absolute Gasteiger partial charge is 0.166 e. The van der Waals surface area contributed by atoms with Crippen LogP contribution in [0, 0.1) is 6.61 Å². The summed E-state index contributed by atoms with van der Waals surface area (Å²) < 4.78 is 5.02. The van der Waals surface area contributed by atoms with E-state index < -0.39 is 0 Å². The van der Waals surface area contributed by atoms with E-state index in [2.05, 4.69) is 18.8 Å². The fourth-order valence-electron chi connectivity index (χ4n) is 1.17. The third-order valence-corrected chi connectivity index (χ3v) is 1.71. The van der Waals surface area contributed by atoms with Gasteiger partial charge < -0.3 is 4.74 Å². The van der Waals surface area contributed by atoms with Crippen LogP contribution in [-0.4, -0.2) is 6.61 Å². The van der Waals surface area contributed by atoms with Gasteiger partial charge in [-0.1, -0.05) is 12.2 Å². The van der Waals surface area contributed by atoms with E-state index in [-0.39, 0.29) is 0 Å². The zero-order valence-electron chi connectivity index (χ0n) is 5.18. The summed E-state index contributed by atoms with van der Waals surface area (Å²) in [7, 11) is 0.